The molecule has 2 aromatic heterocycles. The van der Waals surface area contributed by atoms with Crippen molar-refractivity contribution < 1.29 is 9.59 Å². The van der Waals surface area contributed by atoms with Gasteiger partial charge in [-0.05, 0) is 12.1 Å². The number of carbonyl (C=O) groups excluding carboxylic acids is 2. The van der Waals surface area contributed by atoms with E-state index >= 15 is 0 Å². The zero-order chi connectivity index (χ0) is 15.2. The Hall–Kier alpha value is -1.45. The van der Waals surface area contributed by atoms with Crippen LogP contribution in [0.4, 0.5) is 5.13 Å². The van der Waals surface area contributed by atoms with Crippen molar-refractivity contribution in [3.8, 4) is 0 Å². The summed E-state index contributed by atoms with van der Waals surface area (Å²) in [6.45, 7) is 1.93. The molecule has 0 saturated heterocycles. The van der Waals surface area contributed by atoms with E-state index in [-0.39, 0.29) is 11.7 Å². The largest absolute Gasteiger partial charge is 0.363 e. The molecule has 0 aliphatic rings. The third kappa shape index (κ3) is 4.80. The Labute approximate surface area is 134 Å². The SMILES string of the molecule is CNc1nnc(SCC(=O)c2ccc(CNC(C)=O)s2)s1. The second-order valence-electron chi connectivity index (χ2n) is 4.01. The fourth-order valence-corrected chi connectivity index (χ4v) is 3.97. The summed E-state index contributed by atoms with van der Waals surface area (Å²) in [6.07, 6.45) is 0. The van der Waals surface area contributed by atoms with E-state index in [4.69, 9.17) is 0 Å². The Morgan fingerprint density at radius 2 is 2.10 bits per heavy atom. The summed E-state index contributed by atoms with van der Waals surface area (Å²) in [5.74, 6) is 0.307. The second kappa shape index (κ2) is 7.53. The molecular weight excluding hydrogens is 328 g/mol. The first-order chi connectivity index (χ1) is 10.1. The number of amides is 1. The van der Waals surface area contributed by atoms with Crippen molar-refractivity contribution >= 4 is 51.3 Å². The minimum absolute atomic E-state index is 0.0558. The summed E-state index contributed by atoms with van der Waals surface area (Å²) in [5, 5.41) is 14.3. The average molecular weight is 342 g/mol. The number of Topliss-reactive ketones (excluding diaryl/α,β-unsaturated/α-hetero) is 1. The molecule has 0 spiro atoms. The molecule has 112 valence electrons. The number of thiophene rings is 1. The van der Waals surface area contributed by atoms with Crippen LogP contribution in [0.3, 0.4) is 0 Å². The number of anilines is 1. The van der Waals surface area contributed by atoms with Gasteiger partial charge >= 0.3 is 0 Å². The van der Waals surface area contributed by atoms with Gasteiger partial charge in [-0.15, -0.1) is 21.5 Å². The van der Waals surface area contributed by atoms with E-state index in [0.29, 0.717) is 17.2 Å². The molecule has 21 heavy (non-hydrogen) atoms. The van der Waals surface area contributed by atoms with Gasteiger partial charge in [-0.1, -0.05) is 23.1 Å². The minimum Gasteiger partial charge on any atom is -0.363 e. The molecule has 2 rings (SSSR count). The van der Waals surface area contributed by atoms with Gasteiger partial charge in [0.15, 0.2) is 10.1 Å². The zero-order valence-electron chi connectivity index (χ0n) is 11.5. The zero-order valence-corrected chi connectivity index (χ0v) is 14.0. The third-order valence-corrected chi connectivity index (χ3v) is 5.60. The van der Waals surface area contributed by atoms with Crippen molar-refractivity contribution in [3.05, 3.63) is 21.9 Å². The van der Waals surface area contributed by atoms with Crippen LogP contribution in [-0.4, -0.2) is 34.7 Å². The van der Waals surface area contributed by atoms with Gasteiger partial charge in [0, 0.05) is 18.8 Å². The van der Waals surface area contributed by atoms with Gasteiger partial charge in [-0.25, -0.2) is 0 Å². The highest BCUT2D eigenvalue weighted by Gasteiger charge is 2.12. The van der Waals surface area contributed by atoms with Crippen LogP contribution in [0.2, 0.25) is 0 Å². The van der Waals surface area contributed by atoms with Crippen LogP contribution < -0.4 is 10.6 Å². The lowest BCUT2D eigenvalue weighted by atomic mass is 10.3. The van der Waals surface area contributed by atoms with Gasteiger partial charge in [0.25, 0.3) is 0 Å². The molecule has 2 aromatic rings. The van der Waals surface area contributed by atoms with E-state index in [0.717, 1.165) is 14.3 Å². The highest BCUT2D eigenvalue weighted by atomic mass is 32.2. The molecule has 0 saturated carbocycles. The van der Waals surface area contributed by atoms with Crippen molar-refractivity contribution in [1.29, 1.82) is 0 Å². The van der Waals surface area contributed by atoms with E-state index in [9.17, 15) is 9.59 Å². The van der Waals surface area contributed by atoms with Gasteiger partial charge < -0.3 is 10.6 Å². The molecule has 1 amide bonds. The molecule has 2 heterocycles. The maximum absolute atomic E-state index is 12.1. The third-order valence-electron chi connectivity index (χ3n) is 2.40. The van der Waals surface area contributed by atoms with Crippen LogP contribution in [0.5, 0.6) is 0 Å². The number of ketones is 1. The van der Waals surface area contributed by atoms with Crippen molar-refractivity contribution in [1.82, 2.24) is 15.5 Å². The van der Waals surface area contributed by atoms with Crippen molar-refractivity contribution in [2.75, 3.05) is 18.1 Å². The van der Waals surface area contributed by atoms with Crippen LogP contribution >= 0.6 is 34.4 Å². The standard InChI is InChI=1S/C12H14N4O2S3/c1-7(17)14-5-8-3-4-10(20-8)9(18)6-19-12-16-15-11(13-2)21-12/h3-4H,5-6H2,1-2H3,(H,13,15)(H,14,17). The summed E-state index contributed by atoms with van der Waals surface area (Å²) in [4.78, 5) is 24.6. The Kier molecular flexibility index (Phi) is 5.71. The maximum Gasteiger partial charge on any atom is 0.217 e. The lowest BCUT2D eigenvalue weighted by Gasteiger charge is -1.97. The molecule has 0 aliphatic carbocycles. The Balaban J connectivity index is 1.86. The van der Waals surface area contributed by atoms with Crippen LogP contribution in [-0.2, 0) is 11.3 Å². The maximum atomic E-state index is 12.1. The fourth-order valence-electron chi connectivity index (χ4n) is 1.40. The number of thioether (sulfide) groups is 1. The predicted molar refractivity (Wildman–Crippen MR) is 86.3 cm³/mol. The number of nitrogens with zero attached hydrogens (tertiary/aromatic N) is 2. The van der Waals surface area contributed by atoms with Gasteiger partial charge in [-0.2, -0.15) is 0 Å². The molecule has 0 aliphatic heterocycles. The number of nitrogens with one attached hydrogen (secondary N) is 2. The van der Waals surface area contributed by atoms with Crippen molar-refractivity contribution in [2.24, 2.45) is 0 Å². The van der Waals surface area contributed by atoms with E-state index in [1.165, 1.54) is 41.4 Å². The molecule has 0 fully saturated rings. The lowest BCUT2D eigenvalue weighted by Crippen LogP contribution is -2.18. The van der Waals surface area contributed by atoms with Crippen molar-refractivity contribution in [2.45, 2.75) is 17.8 Å². The smallest absolute Gasteiger partial charge is 0.217 e. The van der Waals surface area contributed by atoms with Gasteiger partial charge in [0.05, 0.1) is 17.2 Å². The van der Waals surface area contributed by atoms with Gasteiger partial charge in [-0.3, -0.25) is 9.59 Å². The van der Waals surface area contributed by atoms with E-state index in [1.54, 1.807) is 13.1 Å². The monoisotopic (exact) mass is 342 g/mol. The average Bonchev–Trinajstić information content (AvgIpc) is 3.11. The Bertz CT molecular complexity index is 638. The summed E-state index contributed by atoms with van der Waals surface area (Å²) < 4.78 is 0.766. The Morgan fingerprint density at radius 3 is 2.76 bits per heavy atom. The van der Waals surface area contributed by atoms with Crippen LogP contribution in [0.1, 0.15) is 21.5 Å². The number of carbonyl (C=O) groups is 2. The van der Waals surface area contributed by atoms with E-state index in [2.05, 4.69) is 20.8 Å². The molecule has 2 N–H and O–H groups in total. The summed E-state index contributed by atoms with van der Waals surface area (Å²) in [6, 6.07) is 3.66. The topological polar surface area (TPSA) is 84.0 Å². The number of hydrogen-bond donors (Lipinski definition) is 2. The summed E-state index contributed by atoms with van der Waals surface area (Å²) in [5.41, 5.74) is 0. The fraction of sp³-hybridized carbons (Fsp3) is 0.333. The molecule has 0 aromatic carbocycles. The molecule has 0 radical (unpaired) electrons. The molecule has 0 bridgehead atoms. The molecule has 6 nitrogen and oxygen atoms in total. The summed E-state index contributed by atoms with van der Waals surface area (Å²) >= 11 is 4.20. The quantitative estimate of drug-likeness (QED) is 0.593. The minimum atomic E-state index is -0.0801. The lowest BCUT2D eigenvalue weighted by molar-refractivity contribution is -0.119. The van der Waals surface area contributed by atoms with Crippen LogP contribution in [0, 0.1) is 0 Å². The predicted octanol–water partition coefficient (Wildman–Crippen LogP) is 2.25. The van der Waals surface area contributed by atoms with E-state index < -0.39 is 0 Å². The highest BCUT2D eigenvalue weighted by Crippen LogP contribution is 2.26. The molecular formula is C12H14N4O2S3. The van der Waals surface area contributed by atoms with Gasteiger partial charge in [0.1, 0.15) is 0 Å². The normalized spacial score (nSPS) is 10.4. The first kappa shape index (κ1) is 15.9. The first-order valence-electron chi connectivity index (χ1n) is 6.09. The van der Waals surface area contributed by atoms with Crippen LogP contribution in [0.15, 0.2) is 16.5 Å². The highest BCUT2D eigenvalue weighted by molar-refractivity contribution is 8.01. The number of aromatic nitrogens is 2. The molecule has 0 unspecified atom stereocenters. The Morgan fingerprint density at radius 1 is 1.29 bits per heavy atom. The van der Waals surface area contributed by atoms with E-state index in [1.807, 2.05) is 6.07 Å². The first-order valence-corrected chi connectivity index (χ1v) is 8.70. The molecule has 0 atom stereocenters. The van der Waals surface area contributed by atoms with Crippen molar-refractivity contribution in [3.63, 3.8) is 0 Å². The molecule has 9 heteroatoms. The number of rotatable bonds is 7. The van der Waals surface area contributed by atoms with Gasteiger partial charge in [0.2, 0.25) is 11.0 Å². The number of hydrogen-bond acceptors (Lipinski definition) is 8. The van der Waals surface area contributed by atoms with Crippen LogP contribution in [0.25, 0.3) is 0 Å². The second-order valence-corrected chi connectivity index (χ2v) is 7.38. The summed E-state index contributed by atoms with van der Waals surface area (Å²) in [7, 11) is 1.78.